The molecule has 0 heteroatoms. The highest BCUT2D eigenvalue weighted by molar-refractivity contribution is 5.46. The van der Waals surface area contributed by atoms with E-state index in [4.69, 9.17) is 0 Å². The molecule has 0 unspecified atom stereocenters. The van der Waals surface area contributed by atoms with Gasteiger partial charge in [0.15, 0.2) is 0 Å². The number of aryl methyl sites for hydroxylation is 2. The van der Waals surface area contributed by atoms with E-state index in [-0.39, 0.29) is 0 Å². The lowest BCUT2D eigenvalue weighted by atomic mass is 10.2. The predicted molar refractivity (Wildman–Crippen MR) is 83.7 cm³/mol. The van der Waals surface area contributed by atoms with Crippen molar-refractivity contribution in [2.75, 3.05) is 0 Å². The molecule has 94 valence electrons. The van der Waals surface area contributed by atoms with Crippen LogP contribution >= 0.6 is 0 Å². The smallest absolute Gasteiger partial charge is 0.0262 e. The minimum Gasteiger partial charge on any atom is -0.106 e. The fourth-order valence-electron chi connectivity index (χ4n) is 1.24. The zero-order valence-electron chi connectivity index (χ0n) is 11.4. The van der Waals surface area contributed by atoms with Crippen LogP contribution in [0.4, 0.5) is 0 Å². The maximum atomic E-state index is 3.66. The Morgan fingerprint density at radius 2 is 1.17 bits per heavy atom. The molecule has 0 atom stereocenters. The third-order valence-electron chi connectivity index (χ3n) is 2.25. The van der Waals surface area contributed by atoms with E-state index in [2.05, 4.69) is 70.0 Å². The highest BCUT2D eigenvalue weighted by Gasteiger charge is 1.82. The van der Waals surface area contributed by atoms with E-state index in [1.165, 1.54) is 16.7 Å². The summed E-state index contributed by atoms with van der Waals surface area (Å²) in [4.78, 5) is 0. The van der Waals surface area contributed by atoms with Crippen molar-refractivity contribution < 1.29 is 0 Å². The molecule has 0 fully saturated rings. The van der Waals surface area contributed by atoms with Crippen molar-refractivity contribution in [3.63, 3.8) is 0 Å². The van der Waals surface area contributed by atoms with E-state index in [0.29, 0.717) is 0 Å². The molecule has 0 saturated heterocycles. The van der Waals surface area contributed by atoms with Crippen LogP contribution in [0.25, 0.3) is 6.08 Å². The molecule has 0 saturated carbocycles. The average molecular weight is 238 g/mol. The van der Waals surface area contributed by atoms with Gasteiger partial charge in [-0.25, -0.2) is 0 Å². The van der Waals surface area contributed by atoms with Gasteiger partial charge in [0.1, 0.15) is 0 Å². The van der Waals surface area contributed by atoms with Crippen LogP contribution in [0, 0.1) is 13.8 Å². The molecule has 0 heterocycles. The van der Waals surface area contributed by atoms with E-state index in [0.717, 1.165) is 0 Å². The largest absolute Gasteiger partial charge is 0.106 e. The molecule has 0 N–H and O–H groups in total. The highest BCUT2D eigenvalue weighted by atomic mass is 13.9. The van der Waals surface area contributed by atoms with Crippen LogP contribution < -0.4 is 0 Å². The number of rotatable bonds is 1. The molecular weight excluding hydrogens is 216 g/mol. The molecule has 0 nitrogen and oxygen atoms in total. The van der Waals surface area contributed by atoms with Gasteiger partial charge in [-0.1, -0.05) is 78.4 Å². The molecule has 0 bridgehead atoms. The van der Waals surface area contributed by atoms with Crippen LogP contribution in [0.1, 0.15) is 16.7 Å². The standard InChI is InChI=1S/C9H10.C7H8.C2H4/c1-3-9-6-4-8(2)5-7-9;1-7-5-3-2-4-6-7;1-2/h3-7H,1H2,2H3;2-6H,1H3;1-2H2. The summed E-state index contributed by atoms with van der Waals surface area (Å²) in [5, 5.41) is 0. The SMILES string of the molecule is C=C.C=Cc1ccc(C)cc1.Cc1ccccc1. The van der Waals surface area contributed by atoms with Crippen molar-refractivity contribution in [3.8, 4) is 0 Å². The number of hydrogen-bond acceptors (Lipinski definition) is 0. The van der Waals surface area contributed by atoms with E-state index >= 15 is 0 Å². The Morgan fingerprint density at radius 1 is 0.722 bits per heavy atom. The average Bonchev–Trinajstić information content (AvgIpc) is 2.43. The van der Waals surface area contributed by atoms with Gasteiger partial charge < -0.3 is 0 Å². The van der Waals surface area contributed by atoms with Gasteiger partial charge in [-0.15, -0.1) is 13.2 Å². The van der Waals surface area contributed by atoms with Crippen LogP contribution in [0.3, 0.4) is 0 Å². The minimum atomic E-state index is 1.18. The van der Waals surface area contributed by atoms with E-state index < -0.39 is 0 Å². The third-order valence-corrected chi connectivity index (χ3v) is 2.25. The number of benzene rings is 2. The molecule has 0 amide bonds. The lowest BCUT2D eigenvalue weighted by Gasteiger charge is -1.91. The summed E-state index contributed by atoms with van der Waals surface area (Å²) >= 11 is 0. The van der Waals surface area contributed by atoms with E-state index in [9.17, 15) is 0 Å². The summed E-state index contributed by atoms with van der Waals surface area (Å²) < 4.78 is 0. The Labute approximate surface area is 111 Å². The molecule has 0 radical (unpaired) electrons. The summed E-state index contributed by atoms with van der Waals surface area (Å²) in [6.07, 6.45) is 1.85. The molecule has 0 aromatic heterocycles. The van der Waals surface area contributed by atoms with Gasteiger partial charge in [-0.3, -0.25) is 0 Å². The Kier molecular flexibility index (Phi) is 8.93. The van der Waals surface area contributed by atoms with E-state index in [1.54, 1.807) is 0 Å². The van der Waals surface area contributed by atoms with Crippen molar-refractivity contribution in [2.24, 2.45) is 0 Å². The summed E-state index contributed by atoms with van der Waals surface area (Å²) in [7, 11) is 0. The summed E-state index contributed by atoms with van der Waals surface area (Å²) in [6.45, 7) is 13.8. The molecule has 0 aliphatic carbocycles. The molecule has 2 rings (SSSR count). The van der Waals surface area contributed by atoms with E-state index in [1.807, 2.05) is 24.3 Å². The molecule has 0 aliphatic heterocycles. The first-order valence-corrected chi connectivity index (χ1v) is 5.93. The second-order valence-electron chi connectivity index (χ2n) is 3.77. The predicted octanol–water partition coefficient (Wildman–Crippen LogP) is 5.44. The first-order chi connectivity index (χ1) is 8.72. The lowest BCUT2D eigenvalue weighted by Crippen LogP contribution is -1.71. The first kappa shape index (κ1) is 15.9. The molecule has 0 spiro atoms. The summed E-state index contributed by atoms with van der Waals surface area (Å²) in [5.74, 6) is 0. The molecule has 2 aromatic rings. The van der Waals surface area contributed by atoms with Gasteiger partial charge in [0.2, 0.25) is 0 Å². The van der Waals surface area contributed by atoms with Gasteiger partial charge in [-0.2, -0.15) is 0 Å². The van der Waals surface area contributed by atoms with Crippen LogP contribution in [0.2, 0.25) is 0 Å². The Bertz CT molecular complexity index is 423. The number of hydrogen-bond donors (Lipinski definition) is 0. The molecule has 2 aromatic carbocycles. The lowest BCUT2D eigenvalue weighted by molar-refractivity contribution is 1.46. The van der Waals surface area contributed by atoms with Crippen molar-refractivity contribution in [1.82, 2.24) is 0 Å². The zero-order valence-corrected chi connectivity index (χ0v) is 11.4. The van der Waals surface area contributed by atoms with Gasteiger partial charge in [0, 0.05) is 0 Å². The van der Waals surface area contributed by atoms with Gasteiger partial charge >= 0.3 is 0 Å². The van der Waals surface area contributed by atoms with Crippen LogP contribution in [0.15, 0.2) is 74.3 Å². The van der Waals surface area contributed by atoms with Gasteiger partial charge in [0.25, 0.3) is 0 Å². The Morgan fingerprint density at radius 3 is 1.50 bits per heavy atom. The Balaban J connectivity index is 0.000000289. The molecular formula is C18H22. The molecule has 0 aliphatic rings. The Hall–Kier alpha value is -2.08. The second-order valence-corrected chi connectivity index (χ2v) is 3.77. The van der Waals surface area contributed by atoms with Crippen LogP contribution in [-0.2, 0) is 0 Å². The summed E-state index contributed by atoms with van der Waals surface area (Å²) in [6, 6.07) is 18.5. The fourth-order valence-corrected chi connectivity index (χ4v) is 1.24. The maximum absolute atomic E-state index is 3.66. The second kappa shape index (κ2) is 10.1. The monoisotopic (exact) mass is 238 g/mol. The quantitative estimate of drug-likeness (QED) is 0.581. The topological polar surface area (TPSA) is 0 Å². The molecule has 18 heavy (non-hydrogen) atoms. The highest BCUT2D eigenvalue weighted by Crippen LogP contribution is 2.02. The zero-order chi connectivity index (χ0) is 13.8. The first-order valence-electron chi connectivity index (χ1n) is 5.93. The maximum Gasteiger partial charge on any atom is -0.0262 e. The van der Waals surface area contributed by atoms with Crippen LogP contribution in [-0.4, -0.2) is 0 Å². The van der Waals surface area contributed by atoms with Crippen molar-refractivity contribution in [3.05, 3.63) is 91.0 Å². The van der Waals surface area contributed by atoms with Gasteiger partial charge in [0.05, 0.1) is 0 Å². The van der Waals surface area contributed by atoms with Crippen LogP contribution in [0.5, 0.6) is 0 Å². The van der Waals surface area contributed by atoms with Crippen molar-refractivity contribution in [1.29, 1.82) is 0 Å². The fraction of sp³-hybridized carbons (Fsp3) is 0.111. The minimum absolute atomic E-state index is 1.18. The third kappa shape index (κ3) is 7.24. The van der Waals surface area contributed by atoms with Gasteiger partial charge in [-0.05, 0) is 19.4 Å². The van der Waals surface area contributed by atoms with Crippen molar-refractivity contribution >= 4 is 6.08 Å². The summed E-state index contributed by atoms with van der Waals surface area (Å²) in [5.41, 5.74) is 3.80. The van der Waals surface area contributed by atoms with Crippen molar-refractivity contribution in [2.45, 2.75) is 13.8 Å². The normalized spacial score (nSPS) is 8.11.